The van der Waals surface area contributed by atoms with Gasteiger partial charge >= 0.3 is 0 Å². The number of rotatable bonds is 1. The Labute approximate surface area is 116 Å². The number of nitrogen functional groups attached to an aromatic ring is 1. The third-order valence-electron chi connectivity index (χ3n) is 3.11. The summed E-state index contributed by atoms with van der Waals surface area (Å²) in [6.45, 7) is 3.86. The highest BCUT2D eigenvalue weighted by Gasteiger charge is 2.27. The standard InChI is InChI=1S/C15H15N3O2/c1-15(2)7-12(11-5-6-17-8-13(11)20-15)18-9-10(16)3-4-14(18)19/h3-9H,16H2,1-2H3. The summed E-state index contributed by atoms with van der Waals surface area (Å²) >= 11 is 0. The number of pyridine rings is 2. The normalized spacial score (nSPS) is 16.0. The molecule has 0 saturated carbocycles. The minimum absolute atomic E-state index is 0.133. The van der Waals surface area contributed by atoms with Crippen molar-refractivity contribution in [3.8, 4) is 5.75 Å². The topological polar surface area (TPSA) is 70.1 Å². The van der Waals surface area contributed by atoms with Crippen LogP contribution < -0.4 is 16.0 Å². The number of anilines is 1. The van der Waals surface area contributed by atoms with E-state index in [9.17, 15) is 4.79 Å². The van der Waals surface area contributed by atoms with Gasteiger partial charge < -0.3 is 10.5 Å². The van der Waals surface area contributed by atoms with Crippen molar-refractivity contribution < 1.29 is 4.74 Å². The number of nitrogens with two attached hydrogens (primary N) is 1. The van der Waals surface area contributed by atoms with Gasteiger partial charge in [-0.25, -0.2) is 0 Å². The molecule has 0 saturated heterocycles. The average Bonchev–Trinajstić information content (AvgIpc) is 2.39. The van der Waals surface area contributed by atoms with E-state index in [0.29, 0.717) is 11.4 Å². The average molecular weight is 269 g/mol. The number of aromatic nitrogens is 2. The SMILES string of the molecule is CC1(C)C=C(n2cc(N)ccc2=O)c2ccncc2O1. The number of hydrogen-bond acceptors (Lipinski definition) is 4. The molecule has 5 nitrogen and oxygen atoms in total. The molecule has 2 aromatic heterocycles. The summed E-state index contributed by atoms with van der Waals surface area (Å²) in [5.41, 5.74) is 7.26. The van der Waals surface area contributed by atoms with Gasteiger partial charge in [0.2, 0.25) is 0 Å². The zero-order chi connectivity index (χ0) is 14.3. The van der Waals surface area contributed by atoms with Gasteiger partial charge in [-0.3, -0.25) is 14.3 Å². The second kappa shape index (κ2) is 4.23. The molecular weight excluding hydrogens is 254 g/mol. The van der Waals surface area contributed by atoms with Crippen LogP contribution in [0.2, 0.25) is 0 Å². The fourth-order valence-electron chi connectivity index (χ4n) is 2.28. The van der Waals surface area contributed by atoms with Crippen molar-refractivity contribution in [2.75, 3.05) is 5.73 Å². The van der Waals surface area contributed by atoms with Crippen LogP contribution >= 0.6 is 0 Å². The minimum atomic E-state index is -0.518. The van der Waals surface area contributed by atoms with Gasteiger partial charge in [0.25, 0.3) is 5.56 Å². The lowest BCUT2D eigenvalue weighted by atomic mass is 10.00. The van der Waals surface area contributed by atoms with Crippen LogP contribution in [0.5, 0.6) is 5.75 Å². The Hall–Kier alpha value is -2.56. The molecule has 0 aliphatic carbocycles. The maximum absolute atomic E-state index is 12.1. The molecule has 3 heterocycles. The van der Waals surface area contributed by atoms with Crippen LogP contribution in [-0.4, -0.2) is 15.2 Å². The summed E-state index contributed by atoms with van der Waals surface area (Å²) in [6, 6.07) is 4.88. The molecule has 2 aromatic rings. The van der Waals surface area contributed by atoms with E-state index in [-0.39, 0.29) is 5.56 Å². The van der Waals surface area contributed by atoms with Crippen molar-refractivity contribution in [2.24, 2.45) is 0 Å². The van der Waals surface area contributed by atoms with E-state index >= 15 is 0 Å². The van der Waals surface area contributed by atoms with Gasteiger partial charge in [0.1, 0.15) is 11.4 Å². The summed E-state index contributed by atoms with van der Waals surface area (Å²) in [5, 5.41) is 0. The minimum Gasteiger partial charge on any atom is -0.481 e. The van der Waals surface area contributed by atoms with Gasteiger partial charge in [-0.1, -0.05) is 0 Å². The van der Waals surface area contributed by atoms with Crippen LogP contribution in [0.4, 0.5) is 5.69 Å². The van der Waals surface area contributed by atoms with Gasteiger partial charge in [0.15, 0.2) is 0 Å². The highest BCUT2D eigenvalue weighted by Crippen LogP contribution is 2.35. The summed E-state index contributed by atoms with van der Waals surface area (Å²) in [5.74, 6) is 0.657. The molecule has 0 aromatic carbocycles. The van der Waals surface area contributed by atoms with E-state index in [0.717, 1.165) is 11.3 Å². The third kappa shape index (κ3) is 2.07. The molecule has 1 aliphatic rings. The summed E-state index contributed by atoms with van der Waals surface area (Å²) in [6.07, 6.45) is 6.86. The first-order valence-corrected chi connectivity index (χ1v) is 6.31. The van der Waals surface area contributed by atoms with Crippen molar-refractivity contribution in [3.05, 3.63) is 58.8 Å². The molecule has 0 unspecified atom stereocenters. The van der Waals surface area contributed by atoms with Crippen LogP contribution in [0.3, 0.4) is 0 Å². The first-order valence-electron chi connectivity index (χ1n) is 6.31. The lowest BCUT2D eigenvalue weighted by Gasteiger charge is -2.31. The Morgan fingerprint density at radius 3 is 2.90 bits per heavy atom. The third-order valence-corrected chi connectivity index (χ3v) is 3.11. The van der Waals surface area contributed by atoms with Crippen molar-refractivity contribution in [2.45, 2.75) is 19.4 Å². The highest BCUT2D eigenvalue weighted by molar-refractivity contribution is 5.73. The number of fused-ring (bicyclic) bond motifs is 1. The smallest absolute Gasteiger partial charge is 0.255 e. The van der Waals surface area contributed by atoms with E-state index in [2.05, 4.69) is 4.98 Å². The van der Waals surface area contributed by atoms with Crippen molar-refractivity contribution in [1.82, 2.24) is 9.55 Å². The number of ether oxygens (including phenoxy) is 1. The summed E-state index contributed by atoms with van der Waals surface area (Å²) < 4.78 is 7.40. The molecular formula is C15H15N3O2. The van der Waals surface area contributed by atoms with Crippen LogP contribution in [0, 0.1) is 0 Å². The molecule has 2 N–H and O–H groups in total. The maximum Gasteiger partial charge on any atom is 0.255 e. The van der Waals surface area contributed by atoms with Crippen molar-refractivity contribution in [3.63, 3.8) is 0 Å². The predicted molar refractivity (Wildman–Crippen MR) is 77.4 cm³/mol. The Morgan fingerprint density at radius 1 is 1.30 bits per heavy atom. The fourth-order valence-corrected chi connectivity index (χ4v) is 2.28. The molecule has 0 fully saturated rings. The maximum atomic E-state index is 12.1. The monoisotopic (exact) mass is 269 g/mol. The van der Waals surface area contributed by atoms with Gasteiger partial charge in [-0.05, 0) is 32.1 Å². The van der Waals surface area contributed by atoms with Crippen LogP contribution in [0.25, 0.3) is 5.70 Å². The van der Waals surface area contributed by atoms with Gasteiger partial charge in [0.05, 0.1) is 11.9 Å². The van der Waals surface area contributed by atoms with Gasteiger partial charge in [-0.2, -0.15) is 0 Å². The van der Waals surface area contributed by atoms with Crippen LogP contribution in [0.15, 0.2) is 47.7 Å². The number of nitrogens with zero attached hydrogens (tertiary/aromatic N) is 2. The first kappa shape index (κ1) is 12.5. The fraction of sp³-hybridized carbons (Fsp3) is 0.200. The quantitative estimate of drug-likeness (QED) is 0.858. The summed E-state index contributed by atoms with van der Waals surface area (Å²) in [4.78, 5) is 16.2. The van der Waals surface area contributed by atoms with E-state index in [1.165, 1.54) is 6.07 Å². The molecule has 0 bridgehead atoms. The van der Waals surface area contributed by atoms with E-state index < -0.39 is 5.60 Å². The molecule has 0 radical (unpaired) electrons. The van der Waals surface area contributed by atoms with Gasteiger partial charge in [-0.15, -0.1) is 0 Å². The molecule has 0 amide bonds. The Bertz CT molecular complexity index is 760. The Balaban J connectivity index is 2.28. The molecule has 3 rings (SSSR count). The second-order valence-electron chi connectivity index (χ2n) is 5.28. The first-order chi connectivity index (χ1) is 9.46. The van der Waals surface area contributed by atoms with Crippen molar-refractivity contribution >= 4 is 11.4 Å². The van der Waals surface area contributed by atoms with Gasteiger partial charge in [0, 0.05) is 29.7 Å². The summed E-state index contributed by atoms with van der Waals surface area (Å²) in [7, 11) is 0. The largest absolute Gasteiger partial charge is 0.481 e. The number of hydrogen-bond donors (Lipinski definition) is 1. The zero-order valence-electron chi connectivity index (χ0n) is 11.3. The second-order valence-corrected chi connectivity index (χ2v) is 5.28. The van der Waals surface area contributed by atoms with E-state index in [1.54, 1.807) is 29.2 Å². The molecule has 20 heavy (non-hydrogen) atoms. The Morgan fingerprint density at radius 2 is 2.10 bits per heavy atom. The molecule has 5 heteroatoms. The Kier molecular flexibility index (Phi) is 2.64. The molecule has 102 valence electrons. The van der Waals surface area contributed by atoms with Crippen LogP contribution in [0.1, 0.15) is 19.4 Å². The lowest BCUT2D eigenvalue weighted by Crippen LogP contribution is -2.32. The molecule has 1 aliphatic heterocycles. The van der Waals surface area contributed by atoms with E-state index in [4.69, 9.17) is 10.5 Å². The van der Waals surface area contributed by atoms with Crippen LogP contribution in [-0.2, 0) is 0 Å². The van der Waals surface area contributed by atoms with Crippen molar-refractivity contribution in [1.29, 1.82) is 0 Å². The molecule has 0 spiro atoms. The van der Waals surface area contributed by atoms with E-state index in [1.807, 2.05) is 26.0 Å². The zero-order valence-corrected chi connectivity index (χ0v) is 11.3. The lowest BCUT2D eigenvalue weighted by molar-refractivity contribution is 0.156. The highest BCUT2D eigenvalue weighted by atomic mass is 16.5. The predicted octanol–water partition coefficient (Wildman–Crippen LogP) is 1.89. The molecule has 0 atom stereocenters.